The first-order valence-corrected chi connectivity index (χ1v) is 5.25. The molecule has 90 valence electrons. The molecule has 17 heavy (non-hydrogen) atoms. The molecule has 5 heteroatoms. The summed E-state index contributed by atoms with van der Waals surface area (Å²) in [6.07, 6.45) is 0.548. The Morgan fingerprint density at radius 1 is 1.24 bits per heavy atom. The first-order valence-electron chi connectivity index (χ1n) is 5.25. The molecule has 1 aliphatic rings. The predicted molar refractivity (Wildman–Crippen MR) is 57.8 cm³/mol. The van der Waals surface area contributed by atoms with Crippen LogP contribution in [-0.4, -0.2) is 27.3 Å². The number of carbonyl (C=O) groups is 2. The van der Waals surface area contributed by atoms with Crippen molar-refractivity contribution in [3.05, 3.63) is 29.8 Å². The van der Waals surface area contributed by atoms with Crippen LogP contribution in [0.3, 0.4) is 0 Å². The van der Waals surface area contributed by atoms with E-state index in [1.807, 2.05) is 0 Å². The number of phenols is 1. The lowest BCUT2D eigenvalue weighted by molar-refractivity contribution is -0.164. The number of phenolic OH excluding ortho intramolecular Hbond substituents is 1. The van der Waals surface area contributed by atoms with Gasteiger partial charge >= 0.3 is 11.9 Å². The summed E-state index contributed by atoms with van der Waals surface area (Å²) in [7, 11) is 0. The molecule has 0 spiro atoms. The van der Waals surface area contributed by atoms with Crippen molar-refractivity contribution in [3.63, 3.8) is 0 Å². The van der Waals surface area contributed by atoms with Crippen LogP contribution in [0.2, 0.25) is 0 Å². The number of carboxylic acid groups (broad SMARTS) is 2. The molecule has 5 nitrogen and oxygen atoms in total. The SMILES string of the molecule is O=C(O)C1CCC1(C(=O)O)c1ccccc1O. The van der Waals surface area contributed by atoms with Crippen LogP contribution in [-0.2, 0) is 15.0 Å². The molecule has 0 radical (unpaired) electrons. The smallest absolute Gasteiger partial charge is 0.315 e. The minimum atomic E-state index is -1.49. The normalized spacial score (nSPS) is 27.2. The summed E-state index contributed by atoms with van der Waals surface area (Å²) >= 11 is 0. The summed E-state index contributed by atoms with van der Waals surface area (Å²) in [6.45, 7) is 0. The lowest BCUT2D eigenvalue weighted by Gasteiger charge is -2.44. The van der Waals surface area contributed by atoms with Crippen LogP contribution in [0.4, 0.5) is 0 Å². The molecule has 0 aromatic heterocycles. The van der Waals surface area contributed by atoms with E-state index in [9.17, 15) is 19.8 Å². The van der Waals surface area contributed by atoms with Gasteiger partial charge in [0.2, 0.25) is 0 Å². The third-order valence-corrected chi connectivity index (χ3v) is 3.49. The van der Waals surface area contributed by atoms with Crippen molar-refractivity contribution in [2.45, 2.75) is 18.3 Å². The molecule has 1 aliphatic carbocycles. The number of benzene rings is 1. The van der Waals surface area contributed by atoms with Gasteiger partial charge in [-0.2, -0.15) is 0 Å². The largest absolute Gasteiger partial charge is 0.508 e. The quantitative estimate of drug-likeness (QED) is 0.733. The fraction of sp³-hybridized carbons (Fsp3) is 0.333. The fourth-order valence-electron chi connectivity index (χ4n) is 2.46. The Hall–Kier alpha value is -2.04. The Balaban J connectivity index is 2.54. The molecule has 0 heterocycles. The first-order chi connectivity index (χ1) is 8.00. The van der Waals surface area contributed by atoms with E-state index in [1.165, 1.54) is 12.1 Å². The van der Waals surface area contributed by atoms with Crippen LogP contribution in [0.1, 0.15) is 18.4 Å². The summed E-state index contributed by atoms with van der Waals surface area (Å²) in [4.78, 5) is 22.4. The minimum absolute atomic E-state index is 0.166. The Bertz CT molecular complexity index is 482. The van der Waals surface area contributed by atoms with E-state index in [2.05, 4.69) is 0 Å². The number of aliphatic carboxylic acids is 2. The summed E-state index contributed by atoms with van der Waals surface area (Å²) in [5.74, 6) is -3.48. The average molecular weight is 236 g/mol. The molecule has 0 saturated heterocycles. The van der Waals surface area contributed by atoms with Crippen molar-refractivity contribution in [2.75, 3.05) is 0 Å². The van der Waals surface area contributed by atoms with E-state index in [-0.39, 0.29) is 17.7 Å². The number of hydrogen-bond acceptors (Lipinski definition) is 3. The van der Waals surface area contributed by atoms with Crippen LogP contribution in [0.25, 0.3) is 0 Å². The van der Waals surface area contributed by atoms with Gasteiger partial charge in [0, 0.05) is 5.56 Å². The van der Waals surface area contributed by atoms with Crippen LogP contribution in [0.15, 0.2) is 24.3 Å². The Kier molecular flexibility index (Phi) is 2.53. The molecule has 1 saturated carbocycles. The van der Waals surface area contributed by atoms with E-state index in [1.54, 1.807) is 12.1 Å². The van der Waals surface area contributed by atoms with E-state index in [0.29, 0.717) is 6.42 Å². The summed E-state index contributed by atoms with van der Waals surface area (Å²) < 4.78 is 0. The van der Waals surface area contributed by atoms with E-state index in [4.69, 9.17) is 5.11 Å². The van der Waals surface area contributed by atoms with Gasteiger partial charge < -0.3 is 15.3 Å². The van der Waals surface area contributed by atoms with Crippen molar-refractivity contribution in [1.82, 2.24) is 0 Å². The summed E-state index contributed by atoms with van der Waals surface area (Å²) in [5, 5.41) is 28.0. The van der Waals surface area contributed by atoms with Gasteiger partial charge in [-0.3, -0.25) is 9.59 Å². The highest BCUT2D eigenvalue weighted by atomic mass is 16.4. The molecule has 2 unspecified atom stereocenters. The second-order valence-corrected chi connectivity index (χ2v) is 4.22. The number of carboxylic acids is 2. The van der Waals surface area contributed by atoms with Crippen molar-refractivity contribution < 1.29 is 24.9 Å². The van der Waals surface area contributed by atoms with Gasteiger partial charge in [-0.15, -0.1) is 0 Å². The van der Waals surface area contributed by atoms with Crippen molar-refractivity contribution in [2.24, 2.45) is 5.92 Å². The van der Waals surface area contributed by atoms with Gasteiger partial charge in [-0.1, -0.05) is 18.2 Å². The number of rotatable bonds is 3. The van der Waals surface area contributed by atoms with Crippen LogP contribution < -0.4 is 0 Å². The summed E-state index contributed by atoms with van der Waals surface area (Å²) in [6, 6.07) is 6.01. The van der Waals surface area contributed by atoms with Gasteiger partial charge in [0.25, 0.3) is 0 Å². The molecular weight excluding hydrogens is 224 g/mol. The Labute approximate surface area is 97.3 Å². The highest BCUT2D eigenvalue weighted by Crippen LogP contribution is 2.51. The Morgan fingerprint density at radius 2 is 1.88 bits per heavy atom. The van der Waals surface area contributed by atoms with Crippen molar-refractivity contribution >= 4 is 11.9 Å². The average Bonchev–Trinajstić information content (AvgIpc) is 2.18. The molecule has 0 bridgehead atoms. The zero-order chi connectivity index (χ0) is 12.6. The highest BCUT2D eigenvalue weighted by Gasteiger charge is 2.58. The molecule has 0 aliphatic heterocycles. The zero-order valence-corrected chi connectivity index (χ0v) is 8.96. The van der Waals surface area contributed by atoms with Crippen LogP contribution in [0, 0.1) is 5.92 Å². The predicted octanol–water partition coefficient (Wildman–Crippen LogP) is 1.21. The minimum Gasteiger partial charge on any atom is -0.508 e. The second kappa shape index (κ2) is 3.76. The highest BCUT2D eigenvalue weighted by molar-refractivity contribution is 5.91. The standard InChI is InChI=1S/C12H12O5/c13-9-4-2-1-3-7(9)12(11(16)17)6-5-8(12)10(14)15/h1-4,8,13H,5-6H2,(H,14,15)(H,16,17). The molecule has 2 atom stereocenters. The van der Waals surface area contributed by atoms with Gasteiger partial charge in [0.1, 0.15) is 11.2 Å². The van der Waals surface area contributed by atoms with E-state index < -0.39 is 23.3 Å². The van der Waals surface area contributed by atoms with E-state index >= 15 is 0 Å². The van der Waals surface area contributed by atoms with Gasteiger partial charge in [-0.05, 0) is 18.9 Å². The maximum Gasteiger partial charge on any atom is 0.315 e. The molecule has 1 aromatic rings. The third kappa shape index (κ3) is 1.46. The van der Waals surface area contributed by atoms with E-state index in [0.717, 1.165) is 0 Å². The lowest BCUT2D eigenvalue weighted by atomic mass is 9.56. The van der Waals surface area contributed by atoms with Crippen LogP contribution >= 0.6 is 0 Å². The van der Waals surface area contributed by atoms with Gasteiger partial charge in [0.15, 0.2) is 0 Å². The van der Waals surface area contributed by atoms with Gasteiger partial charge in [-0.25, -0.2) is 0 Å². The molecule has 3 N–H and O–H groups in total. The zero-order valence-electron chi connectivity index (χ0n) is 8.96. The molecule has 0 amide bonds. The summed E-state index contributed by atoms with van der Waals surface area (Å²) in [5.41, 5.74) is -1.30. The Morgan fingerprint density at radius 3 is 2.29 bits per heavy atom. The van der Waals surface area contributed by atoms with Gasteiger partial charge in [0.05, 0.1) is 5.92 Å². The maximum absolute atomic E-state index is 11.4. The number of hydrogen-bond donors (Lipinski definition) is 3. The fourth-order valence-corrected chi connectivity index (χ4v) is 2.46. The maximum atomic E-state index is 11.4. The number of aromatic hydroxyl groups is 1. The van der Waals surface area contributed by atoms with Crippen molar-refractivity contribution in [1.29, 1.82) is 0 Å². The first kappa shape index (κ1) is 11.4. The topological polar surface area (TPSA) is 94.8 Å². The molecule has 1 aromatic carbocycles. The molecule has 1 fully saturated rings. The second-order valence-electron chi connectivity index (χ2n) is 4.22. The third-order valence-electron chi connectivity index (χ3n) is 3.49. The van der Waals surface area contributed by atoms with Crippen molar-refractivity contribution in [3.8, 4) is 5.75 Å². The monoisotopic (exact) mass is 236 g/mol. The lowest BCUT2D eigenvalue weighted by Crippen LogP contribution is -2.54. The molecular formula is C12H12O5. The molecule has 2 rings (SSSR count). The number of para-hydroxylation sites is 1. The van der Waals surface area contributed by atoms with Crippen LogP contribution in [0.5, 0.6) is 5.75 Å².